The molecule has 1 aliphatic heterocycles. The van der Waals surface area contributed by atoms with Gasteiger partial charge in [-0.1, -0.05) is 48.5 Å². The van der Waals surface area contributed by atoms with Crippen LogP contribution in [-0.2, 0) is 4.74 Å². The van der Waals surface area contributed by atoms with Gasteiger partial charge in [-0.15, -0.1) is 0 Å². The molecule has 3 heterocycles. The van der Waals surface area contributed by atoms with Gasteiger partial charge in [-0.2, -0.15) is 0 Å². The second-order valence-electron chi connectivity index (χ2n) is 8.48. The topological polar surface area (TPSA) is 155 Å². The third kappa shape index (κ3) is 4.74. The Morgan fingerprint density at radius 1 is 1.00 bits per heavy atom. The molecule has 0 radical (unpaired) electrons. The molecule has 1 aliphatic rings. The maximum absolute atomic E-state index is 10.5. The summed E-state index contributed by atoms with van der Waals surface area (Å²) in [7, 11) is 0. The summed E-state index contributed by atoms with van der Waals surface area (Å²) in [5, 5.41) is 43.4. The van der Waals surface area contributed by atoms with Crippen molar-refractivity contribution in [1.82, 2.24) is 19.5 Å². The van der Waals surface area contributed by atoms with Crippen molar-refractivity contribution in [3.05, 3.63) is 67.3 Å². The van der Waals surface area contributed by atoms with Gasteiger partial charge in [0.15, 0.2) is 23.2 Å². The summed E-state index contributed by atoms with van der Waals surface area (Å²) < 4.78 is 13.0. The van der Waals surface area contributed by atoms with E-state index in [1.54, 1.807) is 0 Å². The van der Waals surface area contributed by atoms with Crippen LogP contribution in [0.1, 0.15) is 6.23 Å². The molecule has 0 bridgehead atoms. The maximum atomic E-state index is 10.5. The Balaban J connectivity index is 1.24. The number of imidazole rings is 1. The predicted molar refractivity (Wildman–Crippen MR) is 130 cm³/mol. The number of nitrogens with zero attached hydrogens (tertiary/aromatic N) is 4. The fraction of sp³-hybridized carbons (Fsp3) is 0.320. The Kier molecular flexibility index (Phi) is 7.07. The molecular weight excluding hydrogens is 466 g/mol. The maximum Gasteiger partial charge on any atom is 0.167 e. The van der Waals surface area contributed by atoms with Crippen LogP contribution in [0.4, 0.5) is 5.82 Å². The van der Waals surface area contributed by atoms with Crippen molar-refractivity contribution >= 4 is 17.0 Å². The van der Waals surface area contributed by atoms with E-state index in [0.29, 0.717) is 22.7 Å². The van der Waals surface area contributed by atoms with Crippen molar-refractivity contribution in [1.29, 1.82) is 0 Å². The van der Waals surface area contributed by atoms with Gasteiger partial charge in [0.25, 0.3) is 0 Å². The normalized spacial score (nSPS) is 22.6. The highest BCUT2D eigenvalue weighted by Gasteiger charge is 2.44. The first kappa shape index (κ1) is 24.1. The summed E-state index contributed by atoms with van der Waals surface area (Å²) in [6.45, 7) is -0.235. The number of hydrogen-bond donors (Lipinski definition) is 5. The zero-order chi connectivity index (χ0) is 25.1. The summed E-state index contributed by atoms with van der Waals surface area (Å²) >= 11 is 0. The number of para-hydroxylation sites is 1. The molecule has 188 valence electrons. The van der Waals surface area contributed by atoms with Crippen LogP contribution in [-0.4, -0.2) is 84.1 Å². The van der Waals surface area contributed by atoms with Crippen LogP contribution in [0.3, 0.4) is 0 Å². The van der Waals surface area contributed by atoms with Gasteiger partial charge in [-0.25, -0.2) is 15.0 Å². The van der Waals surface area contributed by atoms with Crippen LogP contribution in [0.2, 0.25) is 0 Å². The minimum Gasteiger partial charge on any atom is -0.490 e. The number of nitrogens with one attached hydrogen (secondary N) is 1. The first-order chi connectivity index (χ1) is 17.6. The largest absolute Gasteiger partial charge is 0.490 e. The van der Waals surface area contributed by atoms with E-state index < -0.39 is 37.3 Å². The van der Waals surface area contributed by atoms with Crippen molar-refractivity contribution in [2.24, 2.45) is 0 Å². The lowest BCUT2D eigenvalue weighted by atomic mass is 10.1. The molecule has 2 aromatic heterocycles. The van der Waals surface area contributed by atoms with Gasteiger partial charge in [0.2, 0.25) is 0 Å². The molecule has 1 fully saturated rings. The Morgan fingerprint density at radius 2 is 1.78 bits per heavy atom. The van der Waals surface area contributed by atoms with E-state index >= 15 is 0 Å². The molecule has 1 saturated heterocycles. The van der Waals surface area contributed by atoms with E-state index in [1.807, 2.05) is 54.6 Å². The third-order valence-electron chi connectivity index (χ3n) is 6.06. The molecule has 0 saturated carbocycles. The third-order valence-corrected chi connectivity index (χ3v) is 6.06. The molecule has 0 spiro atoms. The highest BCUT2D eigenvalue weighted by atomic mass is 16.6. The molecule has 36 heavy (non-hydrogen) atoms. The van der Waals surface area contributed by atoms with Gasteiger partial charge in [-0.3, -0.25) is 4.57 Å². The van der Waals surface area contributed by atoms with Crippen LogP contribution in [0.25, 0.3) is 22.3 Å². The van der Waals surface area contributed by atoms with Crippen LogP contribution < -0.4 is 10.1 Å². The number of rotatable bonds is 9. The zero-order valence-electron chi connectivity index (χ0n) is 19.3. The lowest BCUT2D eigenvalue weighted by Crippen LogP contribution is -2.33. The number of aliphatic hydroxyl groups is 4. The lowest BCUT2D eigenvalue weighted by Gasteiger charge is -2.17. The number of fused-ring (bicyclic) bond motifs is 1. The highest BCUT2D eigenvalue weighted by Crippen LogP contribution is 2.32. The van der Waals surface area contributed by atoms with Crippen LogP contribution in [0, 0.1) is 0 Å². The van der Waals surface area contributed by atoms with E-state index in [1.165, 1.54) is 17.2 Å². The Bertz CT molecular complexity index is 1300. The molecule has 4 aromatic rings. The average molecular weight is 494 g/mol. The molecule has 5 atom stereocenters. The lowest BCUT2D eigenvalue weighted by molar-refractivity contribution is -0.0511. The second-order valence-corrected chi connectivity index (χ2v) is 8.48. The summed E-state index contributed by atoms with van der Waals surface area (Å²) in [5.41, 5.74) is 2.72. The number of aromatic nitrogens is 4. The first-order valence-electron chi connectivity index (χ1n) is 11.6. The fourth-order valence-electron chi connectivity index (χ4n) is 4.19. The first-order valence-corrected chi connectivity index (χ1v) is 11.6. The molecule has 0 aliphatic carbocycles. The summed E-state index contributed by atoms with van der Waals surface area (Å²) in [6, 6.07) is 17.5. The van der Waals surface area contributed by atoms with E-state index in [-0.39, 0.29) is 13.2 Å². The van der Waals surface area contributed by atoms with E-state index in [4.69, 9.17) is 9.47 Å². The Hall–Kier alpha value is -3.61. The zero-order valence-corrected chi connectivity index (χ0v) is 19.3. The molecule has 5 N–H and O–H groups in total. The SMILES string of the molecule is OC[C@H]1O[C@@H](n2cnc3c(NCC(O)COc4ccccc4-c4ccccc4)ncnc32)[C@H](O)[C@@H]1O. The minimum atomic E-state index is -1.26. The van der Waals surface area contributed by atoms with E-state index in [0.717, 1.165) is 11.1 Å². The monoisotopic (exact) mass is 493 g/mol. The van der Waals surface area contributed by atoms with Gasteiger partial charge in [-0.05, 0) is 11.6 Å². The van der Waals surface area contributed by atoms with Crippen molar-refractivity contribution in [2.45, 2.75) is 30.6 Å². The van der Waals surface area contributed by atoms with Gasteiger partial charge in [0.1, 0.15) is 43.1 Å². The van der Waals surface area contributed by atoms with Gasteiger partial charge >= 0.3 is 0 Å². The van der Waals surface area contributed by atoms with Crippen molar-refractivity contribution < 1.29 is 29.9 Å². The Morgan fingerprint density at radius 3 is 2.56 bits per heavy atom. The molecular formula is C25H27N5O6. The summed E-state index contributed by atoms with van der Waals surface area (Å²) in [4.78, 5) is 12.8. The second kappa shape index (κ2) is 10.6. The van der Waals surface area contributed by atoms with Gasteiger partial charge < -0.3 is 35.2 Å². The van der Waals surface area contributed by atoms with Gasteiger partial charge in [0.05, 0.1) is 12.9 Å². The molecule has 0 amide bonds. The fourth-order valence-corrected chi connectivity index (χ4v) is 4.19. The van der Waals surface area contributed by atoms with Crippen molar-refractivity contribution in [3.63, 3.8) is 0 Å². The predicted octanol–water partition coefficient (Wildman–Crippen LogP) is 0.957. The van der Waals surface area contributed by atoms with Crippen molar-refractivity contribution in [2.75, 3.05) is 25.1 Å². The quantitative estimate of drug-likeness (QED) is 0.228. The highest BCUT2D eigenvalue weighted by molar-refractivity contribution is 5.82. The summed E-state index contributed by atoms with van der Waals surface area (Å²) in [6.07, 6.45) is -2.48. The van der Waals surface area contributed by atoms with Crippen LogP contribution >= 0.6 is 0 Å². The summed E-state index contributed by atoms with van der Waals surface area (Å²) in [5.74, 6) is 1.05. The minimum absolute atomic E-state index is 0.0576. The molecule has 2 aromatic carbocycles. The number of anilines is 1. The number of hydrogen-bond acceptors (Lipinski definition) is 10. The van der Waals surface area contributed by atoms with E-state index in [2.05, 4.69) is 20.3 Å². The van der Waals surface area contributed by atoms with E-state index in [9.17, 15) is 20.4 Å². The van der Waals surface area contributed by atoms with Crippen molar-refractivity contribution in [3.8, 4) is 16.9 Å². The van der Waals surface area contributed by atoms with Gasteiger partial charge in [0, 0.05) is 12.1 Å². The number of benzene rings is 2. The molecule has 11 heteroatoms. The number of ether oxygens (including phenoxy) is 2. The number of aliphatic hydroxyl groups excluding tert-OH is 4. The standard InChI is InChI=1S/C25H27N5O6/c31-11-19-21(33)22(34)25(36-19)30-14-29-20-23(27-13-28-24(20)30)26-10-16(32)12-35-18-9-5-4-8-17(18)15-6-2-1-3-7-15/h1-9,13-14,16,19,21-22,25,31-34H,10-12H2,(H,26,27,28)/t16?,19-,21-,22-,25-/m1/s1. The molecule has 5 rings (SSSR count). The van der Waals surface area contributed by atoms with Crippen LogP contribution in [0.15, 0.2) is 67.3 Å². The average Bonchev–Trinajstić information content (AvgIpc) is 3.47. The molecule has 1 unspecified atom stereocenters. The van der Waals surface area contributed by atoms with Crippen LogP contribution in [0.5, 0.6) is 5.75 Å². The Labute approximate surface area is 206 Å². The smallest absolute Gasteiger partial charge is 0.167 e. The molecule has 11 nitrogen and oxygen atoms in total.